The van der Waals surface area contributed by atoms with Gasteiger partial charge >= 0.3 is 0 Å². The quantitative estimate of drug-likeness (QED) is 0.414. The summed E-state index contributed by atoms with van der Waals surface area (Å²) < 4.78 is 30.5. The third-order valence-corrected chi connectivity index (χ3v) is 5.91. The average molecular weight is 479 g/mol. The molecule has 0 amide bonds. The molecule has 5 atom stereocenters. The van der Waals surface area contributed by atoms with Gasteiger partial charge in [-0.25, -0.2) is 0 Å². The van der Waals surface area contributed by atoms with E-state index in [9.17, 15) is 5.11 Å². The fourth-order valence-corrected chi connectivity index (χ4v) is 4.12. The van der Waals surface area contributed by atoms with Gasteiger partial charge in [0.25, 0.3) is 0 Å². The SMILES string of the molecule is CCO[C@@H]1O[C@H](COCc2ccccc2)[C@@H](OCc2ccccc2)[C@@H](OCc2ccccc2)[C@H]1O. The van der Waals surface area contributed by atoms with Crippen molar-refractivity contribution >= 4 is 0 Å². The Kier molecular flexibility index (Phi) is 9.84. The minimum Gasteiger partial charge on any atom is -0.385 e. The molecule has 3 aromatic carbocycles. The Morgan fingerprint density at radius 2 is 1.14 bits per heavy atom. The maximum absolute atomic E-state index is 11.1. The first-order valence-corrected chi connectivity index (χ1v) is 12.1. The van der Waals surface area contributed by atoms with Crippen molar-refractivity contribution in [3.05, 3.63) is 108 Å². The molecule has 1 N–H and O–H groups in total. The average Bonchev–Trinajstić information content (AvgIpc) is 2.90. The number of aliphatic hydroxyl groups excluding tert-OH is 1. The molecule has 0 spiro atoms. The van der Waals surface area contributed by atoms with Crippen LogP contribution in [0.5, 0.6) is 0 Å². The van der Waals surface area contributed by atoms with Crippen LogP contribution in [0.25, 0.3) is 0 Å². The van der Waals surface area contributed by atoms with Crippen LogP contribution in [0, 0.1) is 0 Å². The maximum atomic E-state index is 11.1. The molecule has 0 bridgehead atoms. The molecule has 35 heavy (non-hydrogen) atoms. The molecule has 0 unspecified atom stereocenters. The summed E-state index contributed by atoms with van der Waals surface area (Å²) in [4.78, 5) is 0. The number of benzene rings is 3. The fourth-order valence-electron chi connectivity index (χ4n) is 4.12. The molecule has 6 nitrogen and oxygen atoms in total. The molecule has 186 valence electrons. The van der Waals surface area contributed by atoms with E-state index in [2.05, 4.69) is 0 Å². The van der Waals surface area contributed by atoms with E-state index in [0.717, 1.165) is 16.7 Å². The van der Waals surface area contributed by atoms with E-state index >= 15 is 0 Å². The summed E-state index contributed by atoms with van der Waals surface area (Å²) in [5.41, 5.74) is 3.11. The van der Waals surface area contributed by atoms with Gasteiger partial charge in [0.15, 0.2) is 6.29 Å². The van der Waals surface area contributed by atoms with Crippen LogP contribution in [0.2, 0.25) is 0 Å². The van der Waals surface area contributed by atoms with Gasteiger partial charge in [0.2, 0.25) is 0 Å². The van der Waals surface area contributed by atoms with Crippen molar-refractivity contribution < 1.29 is 28.8 Å². The molecule has 3 aromatic rings. The lowest BCUT2D eigenvalue weighted by Gasteiger charge is -2.44. The highest BCUT2D eigenvalue weighted by atomic mass is 16.7. The summed E-state index contributed by atoms with van der Waals surface area (Å²) in [6.45, 7) is 3.69. The van der Waals surface area contributed by atoms with Crippen molar-refractivity contribution in [2.24, 2.45) is 0 Å². The highest BCUT2D eigenvalue weighted by molar-refractivity contribution is 5.15. The molecule has 1 heterocycles. The summed E-state index contributed by atoms with van der Waals surface area (Å²) in [7, 11) is 0. The summed E-state index contributed by atoms with van der Waals surface area (Å²) in [6, 6.07) is 29.8. The van der Waals surface area contributed by atoms with E-state index in [4.69, 9.17) is 23.7 Å². The normalized spacial score (nSPS) is 24.3. The Labute approximate surface area is 207 Å². The Morgan fingerprint density at radius 3 is 1.66 bits per heavy atom. The van der Waals surface area contributed by atoms with Gasteiger partial charge in [0, 0.05) is 6.61 Å². The smallest absolute Gasteiger partial charge is 0.186 e. The number of ether oxygens (including phenoxy) is 5. The summed E-state index contributed by atoms with van der Waals surface area (Å²) >= 11 is 0. The van der Waals surface area contributed by atoms with Crippen LogP contribution < -0.4 is 0 Å². The predicted molar refractivity (Wildman–Crippen MR) is 132 cm³/mol. The van der Waals surface area contributed by atoms with Crippen molar-refractivity contribution in [3.63, 3.8) is 0 Å². The van der Waals surface area contributed by atoms with Crippen LogP contribution in [0.1, 0.15) is 23.6 Å². The van der Waals surface area contributed by atoms with Gasteiger partial charge in [-0.2, -0.15) is 0 Å². The third kappa shape index (κ3) is 7.45. The predicted octanol–water partition coefficient (Wildman–Crippen LogP) is 4.50. The Morgan fingerprint density at radius 1 is 0.657 bits per heavy atom. The van der Waals surface area contributed by atoms with E-state index in [-0.39, 0.29) is 6.61 Å². The van der Waals surface area contributed by atoms with E-state index in [1.165, 1.54) is 0 Å². The lowest BCUT2D eigenvalue weighted by atomic mass is 9.98. The van der Waals surface area contributed by atoms with Crippen LogP contribution in [0.15, 0.2) is 91.0 Å². The topological polar surface area (TPSA) is 66.4 Å². The first-order valence-electron chi connectivity index (χ1n) is 12.1. The molecule has 1 fully saturated rings. The minimum absolute atomic E-state index is 0.274. The van der Waals surface area contributed by atoms with Crippen molar-refractivity contribution in [2.75, 3.05) is 13.2 Å². The first-order chi connectivity index (χ1) is 17.2. The molecule has 0 radical (unpaired) electrons. The second-order valence-corrected chi connectivity index (χ2v) is 8.51. The molecule has 0 saturated carbocycles. The van der Waals surface area contributed by atoms with Crippen molar-refractivity contribution in [1.82, 2.24) is 0 Å². The maximum Gasteiger partial charge on any atom is 0.186 e. The fraction of sp³-hybridized carbons (Fsp3) is 0.379. The van der Waals surface area contributed by atoms with Gasteiger partial charge < -0.3 is 28.8 Å². The number of aliphatic hydroxyl groups is 1. The molecule has 6 heteroatoms. The van der Waals surface area contributed by atoms with Crippen LogP contribution in [0.3, 0.4) is 0 Å². The molecule has 1 saturated heterocycles. The largest absolute Gasteiger partial charge is 0.385 e. The van der Waals surface area contributed by atoms with Gasteiger partial charge in [0.05, 0.1) is 26.4 Å². The van der Waals surface area contributed by atoms with Crippen molar-refractivity contribution in [2.45, 2.75) is 57.5 Å². The zero-order valence-electron chi connectivity index (χ0n) is 20.1. The Balaban J connectivity index is 1.50. The van der Waals surface area contributed by atoms with Crippen LogP contribution in [-0.4, -0.2) is 49.0 Å². The van der Waals surface area contributed by atoms with E-state index in [1.807, 2.05) is 97.9 Å². The van der Waals surface area contributed by atoms with Crippen molar-refractivity contribution in [3.8, 4) is 0 Å². The van der Waals surface area contributed by atoms with Crippen LogP contribution in [-0.2, 0) is 43.5 Å². The molecule has 0 aliphatic carbocycles. The van der Waals surface area contributed by atoms with Gasteiger partial charge in [-0.1, -0.05) is 91.0 Å². The summed E-state index contributed by atoms with van der Waals surface area (Å²) in [5, 5.41) is 11.1. The van der Waals surface area contributed by atoms with Crippen molar-refractivity contribution in [1.29, 1.82) is 0 Å². The first kappa shape index (κ1) is 25.5. The van der Waals surface area contributed by atoms with Gasteiger partial charge in [-0.3, -0.25) is 0 Å². The highest BCUT2D eigenvalue weighted by Gasteiger charge is 2.47. The molecule has 1 aliphatic rings. The zero-order chi connectivity index (χ0) is 24.3. The summed E-state index contributed by atoms with van der Waals surface area (Å²) in [5.74, 6) is 0. The highest BCUT2D eigenvalue weighted by Crippen LogP contribution is 2.29. The standard InChI is InChI=1S/C29H34O6/c1-2-32-29-26(30)28(34-20-24-16-10-5-11-17-24)27(33-19-23-14-8-4-9-15-23)25(35-29)21-31-18-22-12-6-3-7-13-22/h3-17,25-30H,2,18-21H2,1H3/t25-,26-,27-,28+,29-/m1/s1. The zero-order valence-corrected chi connectivity index (χ0v) is 20.1. The number of rotatable bonds is 12. The molecule has 1 aliphatic heterocycles. The lowest BCUT2D eigenvalue weighted by Crippen LogP contribution is -2.61. The molecule has 4 rings (SSSR count). The number of hydrogen-bond donors (Lipinski definition) is 1. The van der Waals surface area contributed by atoms with Crippen LogP contribution >= 0.6 is 0 Å². The second-order valence-electron chi connectivity index (χ2n) is 8.51. The van der Waals surface area contributed by atoms with Gasteiger partial charge in [-0.15, -0.1) is 0 Å². The van der Waals surface area contributed by atoms with E-state index in [0.29, 0.717) is 26.4 Å². The Bertz CT molecular complexity index is 968. The van der Waals surface area contributed by atoms with Gasteiger partial charge in [-0.05, 0) is 23.6 Å². The van der Waals surface area contributed by atoms with Gasteiger partial charge in [0.1, 0.15) is 24.4 Å². The summed E-state index contributed by atoms with van der Waals surface area (Å²) in [6.07, 6.45) is -3.54. The van der Waals surface area contributed by atoms with Crippen LogP contribution in [0.4, 0.5) is 0 Å². The number of hydrogen-bond acceptors (Lipinski definition) is 6. The second kappa shape index (κ2) is 13.5. The monoisotopic (exact) mass is 478 g/mol. The molecular weight excluding hydrogens is 444 g/mol. The molecule has 0 aromatic heterocycles. The molecular formula is C29H34O6. The Hall–Kier alpha value is -2.58. The van der Waals surface area contributed by atoms with E-state index < -0.39 is 30.7 Å². The lowest BCUT2D eigenvalue weighted by molar-refractivity contribution is -0.318. The van der Waals surface area contributed by atoms with E-state index in [1.54, 1.807) is 0 Å². The third-order valence-electron chi connectivity index (χ3n) is 5.91. The minimum atomic E-state index is -1.01.